The number of fused-ring (bicyclic) bond motifs is 1. The van der Waals surface area contributed by atoms with Crippen LogP contribution in [0, 0.1) is 6.92 Å². The van der Waals surface area contributed by atoms with E-state index in [4.69, 9.17) is 16.6 Å². The molecule has 3 heterocycles. The van der Waals surface area contributed by atoms with Crippen molar-refractivity contribution in [2.24, 2.45) is 0 Å². The SMILES string of the molecule is Cc1cc(Cc2ccccc2Cl)cc(C2CCCN(C(=O)c3n[nH]c4c3CCC4)C2)n1. The molecule has 1 saturated heterocycles. The van der Waals surface area contributed by atoms with E-state index in [-0.39, 0.29) is 11.8 Å². The van der Waals surface area contributed by atoms with Crippen LogP contribution in [-0.2, 0) is 19.3 Å². The molecule has 160 valence electrons. The second-order valence-electron chi connectivity index (χ2n) is 8.78. The first kappa shape index (κ1) is 20.3. The number of benzene rings is 1. The Kier molecular flexibility index (Phi) is 5.53. The lowest BCUT2D eigenvalue weighted by Crippen LogP contribution is -2.39. The summed E-state index contributed by atoms with van der Waals surface area (Å²) in [4.78, 5) is 20.0. The second-order valence-corrected chi connectivity index (χ2v) is 9.19. The second kappa shape index (κ2) is 8.46. The first-order chi connectivity index (χ1) is 15.1. The minimum absolute atomic E-state index is 0.0630. The molecule has 2 aliphatic rings. The Labute approximate surface area is 187 Å². The zero-order valence-corrected chi connectivity index (χ0v) is 18.6. The molecule has 1 atom stereocenters. The molecule has 1 aliphatic heterocycles. The van der Waals surface area contributed by atoms with Crippen molar-refractivity contribution in [1.29, 1.82) is 0 Å². The quantitative estimate of drug-likeness (QED) is 0.637. The number of aryl methyl sites for hydroxylation is 2. The van der Waals surface area contributed by atoms with Crippen LogP contribution in [0.15, 0.2) is 36.4 Å². The molecule has 0 bridgehead atoms. The number of halogens is 1. The molecular formula is C25H27ClN4O. The summed E-state index contributed by atoms with van der Waals surface area (Å²) in [5.74, 6) is 0.308. The van der Waals surface area contributed by atoms with Gasteiger partial charge in [-0.15, -0.1) is 0 Å². The lowest BCUT2D eigenvalue weighted by Gasteiger charge is -2.32. The van der Waals surface area contributed by atoms with E-state index in [9.17, 15) is 4.79 Å². The number of hydrogen-bond donors (Lipinski definition) is 1. The number of nitrogens with one attached hydrogen (secondary N) is 1. The number of H-pyrrole nitrogens is 1. The third-order valence-electron chi connectivity index (χ3n) is 6.52. The van der Waals surface area contributed by atoms with Gasteiger partial charge >= 0.3 is 0 Å². The van der Waals surface area contributed by atoms with E-state index < -0.39 is 0 Å². The third-order valence-corrected chi connectivity index (χ3v) is 6.89. The van der Waals surface area contributed by atoms with Crippen LogP contribution in [0.1, 0.15) is 69.4 Å². The topological polar surface area (TPSA) is 61.9 Å². The van der Waals surface area contributed by atoms with Crippen LogP contribution in [-0.4, -0.2) is 39.1 Å². The number of amides is 1. The monoisotopic (exact) mass is 434 g/mol. The van der Waals surface area contributed by atoms with Gasteiger partial charge in [0.05, 0.1) is 0 Å². The Morgan fingerprint density at radius 2 is 2.10 bits per heavy atom. The predicted molar refractivity (Wildman–Crippen MR) is 122 cm³/mol. The van der Waals surface area contributed by atoms with Crippen molar-refractivity contribution in [3.05, 3.63) is 80.9 Å². The number of piperidine rings is 1. The number of aromatic nitrogens is 3. The highest BCUT2D eigenvalue weighted by atomic mass is 35.5. The van der Waals surface area contributed by atoms with Crippen LogP contribution in [0.2, 0.25) is 5.02 Å². The maximum absolute atomic E-state index is 13.2. The van der Waals surface area contributed by atoms with E-state index in [1.165, 1.54) is 5.56 Å². The van der Waals surface area contributed by atoms with E-state index in [1.807, 2.05) is 30.0 Å². The molecule has 0 spiro atoms. The van der Waals surface area contributed by atoms with Crippen molar-refractivity contribution in [3.63, 3.8) is 0 Å². The summed E-state index contributed by atoms with van der Waals surface area (Å²) in [5.41, 5.74) is 7.31. The number of nitrogens with zero attached hydrogens (tertiary/aromatic N) is 3. The fraction of sp³-hybridized carbons (Fsp3) is 0.400. The maximum atomic E-state index is 13.2. The fourth-order valence-electron chi connectivity index (χ4n) is 4.99. The van der Waals surface area contributed by atoms with E-state index >= 15 is 0 Å². The van der Waals surface area contributed by atoms with Crippen LogP contribution >= 0.6 is 11.6 Å². The smallest absolute Gasteiger partial charge is 0.274 e. The summed E-state index contributed by atoms with van der Waals surface area (Å²) >= 11 is 6.38. The first-order valence-corrected chi connectivity index (χ1v) is 11.5. The molecule has 1 unspecified atom stereocenters. The minimum atomic E-state index is 0.0630. The third kappa shape index (κ3) is 4.11. The highest BCUT2D eigenvalue weighted by molar-refractivity contribution is 6.31. The molecule has 1 amide bonds. The molecule has 2 aromatic heterocycles. The first-order valence-electron chi connectivity index (χ1n) is 11.1. The number of carbonyl (C=O) groups is 1. The van der Waals surface area contributed by atoms with Crippen molar-refractivity contribution >= 4 is 17.5 Å². The van der Waals surface area contributed by atoms with Crippen LogP contribution < -0.4 is 0 Å². The molecule has 1 aromatic carbocycles. The maximum Gasteiger partial charge on any atom is 0.274 e. The van der Waals surface area contributed by atoms with Crippen LogP contribution in [0.25, 0.3) is 0 Å². The molecule has 31 heavy (non-hydrogen) atoms. The molecule has 1 fully saturated rings. The van der Waals surface area contributed by atoms with Crippen molar-refractivity contribution in [2.45, 2.75) is 51.4 Å². The standard InChI is InChI=1S/C25H27ClN4O/c1-16-12-17(13-18-6-2-3-9-21(18)26)14-23(27-16)19-7-5-11-30(15-19)25(31)24-20-8-4-10-22(20)28-29-24/h2-3,6,9,12,14,19H,4-5,7-8,10-11,13,15H2,1H3,(H,28,29). The number of hydrogen-bond acceptors (Lipinski definition) is 3. The Morgan fingerprint density at radius 3 is 2.97 bits per heavy atom. The fourth-order valence-corrected chi connectivity index (χ4v) is 5.19. The number of carbonyl (C=O) groups excluding carboxylic acids is 1. The average Bonchev–Trinajstić information content (AvgIpc) is 3.39. The zero-order valence-electron chi connectivity index (χ0n) is 17.8. The van der Waals surface area contributed by atoms with Crippen molar-refractivity contribution in [1.82, 2.24) is 20.1 Å². The van der Waals surface area contributed by atoms with Gasteiger partial charge in [-0.05, 0) is 74.8 Å². The number of likely N-dealkylation sites (tertiary alicyclic amines) is 1. The molecule has 3 aromatic rings. The van der Waals surface area contributed by atoms with Gasteiger partial charge in [0.25, 0.3) is 5.91 Å². The summed E-state index contributed by atoms with van der Waals surface area (Å²) in [6, 6.07) is 12.3. The molecular weight excluding hydrogens is 408 g/mol. The highest BCUT2D eigenvalue weighted by Crippen LogP contribution is 2.30. The van der Waals surface area contributed by atoms with E-state index in [1.54, 1.807) is 0 Å². The molecule has 1 aliphatic carbocycles. The Bertz CT molecular complexity index is 1120. The van der Waals surface area contributed by atoms with Gasteiger partial charge in [0.2, 0.25) is 0 Å². The Morgan fingerprint density at radius 1 is 1.23 bits per heavy atom. The molecule has 1 N–H and O–H groups in total. The average molecular weight is 435 g/mol. The van der Waals surface area contributed by atoms with Gasteiger partial charge in [-0.25, -0.2) is 0 Å². The van der Waals surface area contributed by atoms with Gasteiger partial charge in [-0.3, -0.25) is 14.9 Å². The van der Waals surface area contributed by atoms with Crippen LogP contribution in [0.3, 0.4) is 0 Å². The summed E-state index contributed by atoms with van der Waals surface area (Å²) in [6.45, 7) is 3.52. The Balaban J connectivity index is 1.35. The van der Waals surface area contributed by atoms with Crippen molar-refractivity contribution in [3.8, 4) is 0 Å². The zero-order chi connectivity index (χ0) is 21.4. The van der Waals surface area contributed by atoms with Gasteiger partial charge < -0.3 is 4.90 Å². The number of aromatic amines is 1. The molecule has 5 rings (SSSR count). The Hall–Kier alpha value is -2.66. The largest absolute Gasteiger partial charge is 0.337 e. The van der Waals surface area contributed by atoms with Crippen LogP contribution in [0.5, 0.6) is 0 Å². The number of rotatable bonds is 4. The lowest BCUT2D eigenvalue weighted by molar-refractivity contribution is 0.0698. The lowest BCUT2D eigenvalue weighted by atomic mass is 9.92. The predicted octanol–water partition coefficient (Wildman–Crippen LogP) is 4.87. The van der Waals surface area contributed by atoms with Gasteiger partial charge in [-0.2, -0.15) is 5.10 Å². The molecule has 5 nitrogen and oxygen atoms in total. The van der Waals surface area contributed by atoms with Gasteiger partial charge in [0.15, 0.2) is 5.69 Å². The summed E-state index contributed by atoms with van der Waals surface area (Å²) < 4.78 is 0. The molecule has 6 heteroatoms. The highest BCUT2D eigenvalue weighted by Gasteiger charge is 2.31. The summed E-state index contributed by atoms with van der Waals surface area (Å²) in [7, 11) is 0. The summed E-state index contributed by atoms with van der Waals surface area (Å²) in [5, 5.41) is 8.21. The van der Waals surface area contributed by atoms with E-state index in [0.717, 1.165) is 78.3 Å². The minimum Gasteiger partial charge on any atom is -0.337 e. The van der Waals surface area contributed by atoms with Crippen molar-refractivity contribution in [2.75, 3.05) is 13.1 Å². The van der Waals surface area contributed by atoms with Gasteiger partial charge in [0, 0.05) is 46.7 Å². The van der Waals surface area contributed by atoms with E-state index in [0.29, 0.717) is 12.2 Å². The normalized spacial score (nSPS) is 18.3. The van der Waals surface area contributed by atoms with Gasteiger partial charge in [-0.1, -0.05) is 29.8 Å². The van der Waals surface area contributed by atoms with Crippen LogP contribution in [0.4, 0.5) is 0 Å². The molecule has 0 saturated carbocycles. The van der Waals surface area contributed by atoms with Gasteiger partial charge in [0.1, 0.15) is 0 Å². The van der Waals surface area contributed by atoms with E-state index in [2.05, 4.69) is 28.4 Å². The molecule has 0 radical (unpaired) electrons. The van der Waals surface area contributed by atoms with Crippen molar-refractivity contribution < 1.29 is 4.79 Å². The summed E-state index contributed by atoms with van der Waals surface area (Å²) in [6.07, 6.45) is 5.87. The number of pyridine rings is 1.